The summed E-state index contributed by atoms with van der Waals surface area (Å²) in [4.78, 5) is 22.2. The Morgan fingerprint density at radius 1 is 1.30 bits per heavy atom. The first-order valence-corrected chi connectivity index (χ1v) is 7.00. The maximum absolute atomic E-state index is 11.9. The van der Waals surface area contributed by atoms with Gasteiger partial charge < -0.3 is 15.7 Å². The van der Waals surface area contributed by atoms with E-state index in [1.165, 1.54) is 12.6 Å². The Balaban J connectivity index is 2.34. The molecule has 0 aromatic heterocycles. The van der Waals surface area contributed by atoms with Gasteiger partial charge in [-0.25, -0.2) is 0 Å². The van der Waals surface area contributed by atoms with Gasteiger partial charge in [0.05, 0.1) is 0 Å². The number of amides is 1. The van der Waals surface area contributed by atoms with Gasteiger partial charge in [-0.1, -0.05) is 19.3 Å². The van der Waals surface area contributed by atoms with Gasteiger partial charge in [0.25, 0.3) is 5.91 Å². The van der Waals surface area contributed by atoms with Gasteiger partial charge in [0.15, 0.2) is 0 Å². The Hall–Kier alpha value is -2.03. The maximum atomic E-state index is 11.9. The van der Waals surface area contributed by atoms with Crippen LogP contribution in [-0.4, -0.2) is 29.6 Å². The van der Waals surface area contributed by atoms with Crippen molar-refractivity contribution in [1.82, 2.24) is 10.6 Å². The molecule has 0 saturated heterocycles. The molecule has 110 valence electrons. The van der Waals surface area contributed by atoms with E-state index in [0.29, 0.717) is 13.0 Å². The highest BCUT2D eigenvalue weighted by Gasteiger charge is 2.17. The number of carbonyl (C=O) groups is 2. The van der Waals surface area contributed by atoms with Crippen molar-refractivity contribution in [3.63, 3.8) is 0 Å². The lowest BCUT2D eigenvalue weighted by atomic mass is 9.95. The minimum atomic E-state index is -0.855. The summed E-state index contributed by atoms with van der Waals surface area (Å²) in [5.41, 5.74) is 0.0332. The number of nitrogens with zero attached hydrogens (tertiary/aromatic N) is 1. The second-order valence-corrected chi connectivity index (χ2v) is 4.93. The lowest BCUT2D eigenvalue weighted by molar-refractivity contribution is -0.137. The number of carboxylic acid groups (broad SMARTS) is 1. The number of nitriles is 1. The Kier molecular flexibility index (Phi) is 7.18. The van der Waals surface area contributed by atoms with Crippen molar-refractivity contribution in [1.29, 1.82) is 5.26 Å². The third kappa shape index (κ3) is 6.23. The van der Waals surface area contributed by atoms with Crippen LogP contribution in [0.15, 0.2) is 11.8 Å². The van der Waals surface area contributed by atoms with E-state index < -0.39 is 5.97 Å². The molecule has 1 aliphatic rings. The molecular weight excluding hydrogens is 258 g/mol. The van der Waals surface area contributed by atoms with Crippen LogP contribution in [0.25, 0.3) is 0 Å². The van der Waals surface area contributed by atoms with E-state index in [9.17, 15) is 9.59 Å². The maximum Gasteiger partial charge on any atom is 0.303 e. The average molecular weight is 279 g/mol. The molecule has 1 amide bonds. The first-order chi connectivity index (χ1) is 9.63. The quantitative estimate of drug-likeness (QED) is 0.370. The summed E-state index contributed by atoms with van der Waals surface area (Å²) < 4.78 is 0. The van der Waals surface area contributed by atoms with E-state index in [2.05, 4.69) is 10.6 Å². The molecule has 0 aromatic carbocycles. The van der Waals surface area contributed by atoms with Gasteiger partial charge in [0.2, 0.25) is 0 Å². The normalized spacial score (nSPS) is 16.2. The molecule has 20 heavy (non-hydrogen) atoms. The molecule has 0 radical (unpaired) electrons. The zero-order valence-corrected chi connectivity index (χ0v) is 11.5. The third-order valence-corrected chi connectivity index (χ3v) is 3.26. The van der Waals surface area contributed by atoms with Gasteiger partial charge in [-0.3, -0.25) is 9.59 Å². The van der Waals surface area contributed by atoms with Crippen LogP contribution < -0.4 is 10.6 Å². The molecule has 1 saturated carbocycles. The molecule has 1 fully saturated rings. The molecular formula is C14H21N3O3. The Labute approximate surface area is 118 Å². The van der Waals surface area contributed by atoms with Crippen molar-refractivity contribution >= 4 is 11.9 Å². The van der Waals surface area contributed by atoms with Gasteiger partial charge in [-0.05, 0) is 19.3 Å². The first-order valence-electron chi connectivity index (χ1n) is 7.00. The Bertz CT molecular complexity index is 406. The van der Waals surface area contributed by atoms with Crippen molar-refractivity contribution in [2.24, 2.45) is 0 Å². The summed E-state index contributed by atoms with van der Waals surface area (Å²) in [5, 5.41) is 23.1. The predicted octanol–water partition coefficient (Wildman–Crippen LogP) is 1.30. The van der Waals surface area contributed by atoms with Crippen LogP contribution in [0, 0.1) is 11.3 Å². The van der Waals surface area contributed by atoms with Crippen LogP contribution >= 0.6 is 0 Å². The van der Waals surface area contributed by atoms with Crippen molar-refractivity contribution in [3.8, 4) is 6.07 Å². The molecule has 1 rings (SSSR count). The van der Waals surface area contributed by atoms with Crippen LogP contribution in [0.4, 0.5) is 0 Å². The fraction of sp³-hybridized carbons (Fsp3) is 0.643. The highest BCUT2D eigenvalue weighted by Crippen LogP contribution is 2.17. The van der Waals surface area contributed by atoms with Crippen molar-refractivity contribution in [2.45, 2.75) is 51.0 Å². The van der Waals surface area contributed by atoms with E-state index >= 15 is 0 Å². The van der Waals surface area contributed by atoms with E-state index in [1.54, 1.807) is 0 Å². The van der Waals surface area contributed by atoms with Crippen molar-refractivity contribution in [2.75, 3.05) is 6.54 Å². The highest BCUT2D eigenvalue weighted by molar-refractivity contribution is 5.97. The number of nitrogens with one attached hydrogen (secondary N) is 2. The summed E-state index contributed by atoms with van der Waals surface area (Å²) in [6, 6.07) is 2.03. The Morgan fingerprint density at radius 3 is 2.60 bits per heavy atom. The standard InChI is InChI=1S/C14H21N3O3/c15-9-11(10-16-8-4-7-13(18)19)14(20)17-12-5-2-1-3-6-12/h10,12,16H,1-8H2,(H,17,20)(H,18,19)/b11-10-. The highest BCUT2D eigenvalue weighted by atomic mass is 16.4. The number of hydrogen-bond donors (Lipinski definition) is 3. The summed E-state index contributed by atoms with van der Waals surface area (Å²) in [6.45, 7) is 0.425. The number of aliphatic carboxylic acids is 1. The molecule has 0 aliphatic heterocycles. The summed E-state index contributed by atoms with van der Waals surface area (Å²) in [6.07, 6.45) is 7.26. The van der Waals surface area contributed by atoms with Crippen LogP contribution in [0.1, 0.15) is 44.9 Å². The largest absolute Gasteiger partial charge is 0.481 e. The number of carbonyl (C=O) groups excluding carboxylic acids is 1. The van der Waals surface area contributed by atoms with Crippen LogP contribution in [0.2, 0.25) is 0 Å². The van der Waals surface area contributed by atoms with Crippen molar-refractivity contribution in [3.05, 3.63) is 11.8 Å². The van der Waals surface area contributed by atoms with Gasteiger partial charge in [-0.2, -0.15) is 5.26 Å². The number of carboxylic acids is 1. The average Bonchev–Trinajstić information content (AvgIpc) is 2.43. The minimum Gasteiger partial charge on any atom is -0.481 e. The monoisotopic (exact) mass is 279 g/mol. The van der Waals surface area contributed by atoms with Gasteiger partial charge in [0, 0.05) is 25.2 Å². The topological polar surface area (TPSA) is 102 Å². The summed E-state index contributed by atoms with van der Waals surface area (Å²) >= 11 is 0. The zero-order chi connectivity index (χ0) is 14.8. The predicted molar refractivity (Wildman–Crippen MR) is 73.6 cm³/mol. The molecule has 6 heteroatoms. The third-order valence-electron chi connectivity index (χ3n) is 3.26. The molecule has 0 atom stereocenters. The first kappa shape index (κ1) is 16.0. The lowest BCUT2D eigenvalue weighted by Gasteiger charge is -2.22. The van der Waals surface area contributed by atoms with Gasteiger partial charge in [0.1, 0.15) is 11.6 Å². The van der Waals surface area contributed by atoms with Crippen molar-refractivity contribution < 1.29 is 14.7 Å². The second-order valence-electron chi connectivity index (χ2n) is 4.93. The number of rotatable bonds is 7. The SMILES string of the molecule is N#C/C(=C/NCCCC(=O)O)C(=O)NC1CCCCC1. The van der Waals surface area contributed by atoms with Gasteiger partial charge >= 0.3 is 5.97 Å². The molecule has 6 nitrogen and oxygen atoms in total. The van der Waals surface area contributed by atoms with Crippen LogP contribution in [0.5, 0.6) is 0 Å². The van der Waals surface area contributed by atoms with Crippen LogP contribution in [-0.2, 0) is 9.59 Å². The van der Waals surface area contributed by atoms with E-state index in [1.807, 2.05) is 6.07 Å². The number of hydrogen-bond acceptors (Lipinski definition) is 4. The van der Waals surface area contributed by atoms with E-state index in [0.717, 1.165) is 25.7 Å². The zero-order valence-electron chi connectivity index (χ0n) is 11.5. The molecule has 0 heterocycles. The minimum absolute atomic E-state index is 0.0332. The fourth-order valence-electron chi connectivity index (χ4n) is 2.17. The molecule has 1 aliphatic carbocycles. The summed E-state index contributed by atoms with van der Waals surface area (Å²) in [7, 11) is 0. The fourth-order valence-corrected chi connectivity index (χ4v) is 2.17. The Morgan fingerprint density at radius 2 is 2.00 bits per heavy atom. The molecule has 0 aromatic rings. The van der Waals surface area contributed by atoms with E-state index in [-0.39, 0.29) is 23.9 Å². The second kappa shape index (κ2) is 8.97. The van der Waals surface area contributed by atoms with Crippen LogP contribution in [0.3, 0.4) is 0 Å². The smallest absolute Gasteiger partial charge is 0.303 e. The lowest BCUT2D eigenvalue weighted by Crippen LogP contribution is -2.37. The molecule has 0 unspecified atom stereocenters. The summed E-state index contributed by atoms with van der Waals surface area (Å²) in [5.74, 6) is -1.21. The molecule has 0 bridgehead atoms. The van der Waals surface area contributed by atoms with Gasteiger partial charge in [-0.15, -0.1) is 0 Å². The molecule has 0 spiro atoms. The molecule has 3 N–H and O–H groups in total. The van der Waals surface area contributed by atoms with E-state index in [4.69, 9.17) is 10.4 Å².